The maximum Gasteiger partial charge on any atom is 0.324 e. The van der Waals surface area contributed by atoms with Crippen molar-refractivity contribution in [1.29, 1.82) is 0 Å². The Morgan fingerprint density at radius 3 is 2.47 bits per heavy atom. The molecule has 0 aliphatic carbocycles. The second-order valence-corrected chi connectivity index (χ2v) is 4.12. The molecule has 0 fully saturated rings. The van der Waals surface area contributed by atoms with Crippen molar-refractivity contribution in [2.75, 3.05) is 32.2 Å². The van der Waals surface area contributed by atoms with Crippen molar-refractivity contribution in [3.05, 3.63) is 0 Å². The summed E-state index contributed by atoms with van der Waals surface area (Å²) in [4.78, 5) is 12.4. The first-order valence-electron chi connectivity index (χ1n) is 6.44. The van der Waals surface area contributed by atoms with Crippen LogP contribution < -0.4 is 14.8 Å². The van der Waals surface area contributed by atoms with Gasteiger partial charge in [0.15, 0.2) is 0 Å². The van der Waals surface area contributed by atoms with Gasteiger partial charge in [0.05, 0.1) is 12.7 Å². The molecule has 1 heterocycles. The van der Waals surface area contributed by atoms with E-state index in [1.54, 1.807) is 7.11 Å². The van der Waals surface area contributed by atoms with E-state index in [1.807, 2.05) is 20.8 Å². The van der Waals surface area contributed by atoms with Crippen LogP contribution >= 0.6 is 0 Å². The van der Waals surface area contributed by atoms with Gasteiger partial charge in [0.1, 0.15) is 0 Å². The van der Waals surface area contributed by atoms with Crippen molar-refractivity contribution in [2.45, 2.75) is 33.3 Å². The summed E-state index contributed by atoms with van der Waals surface area (Å²) in [5.41, 5.74) is 0. The number of anilines is 1. The highest BCUT2D eigenvalue weighted by molar-refractivity contribution is 5.27. The number of hydrogen-bond donors (Lipinski definition) is 1. The highest BCUT2D eigenvalue weighted by atomic mass is 16.5. The van der Waals surface area contributed by atoms with Gasteiger partial charge >= 0.3 is 12.0 Å². The molecule has 0 spiro atoms. The van der Waals surface area contributed by atoms with Gasteiger partial charge in [-0.05, 0) is 20.8 Å². The fourth-order valence-corrected chi connectivity index (χ4v) is 1.27. The molecule has 0 aliphatic rings. The SMILES string of the molecule is CCNc1nc(OCCCOC)nc(OC(C)C)n1. The Labute approximate surface area is 113 Å². The van der Waals surface area contributed by atoms with Crippen molar-refractivity contribution in [1.82, 2.24) is 15.0 Å². The molecule has 0 saturated carbocycles. The quantitative estimate of drug-likeness (QED) is 0.681. The van der Waals surface area contributed by atoms with Gasteiger partial charge in [0.25, 0.3) is 0 Å². The Kier molecular flexibility index (Phi) is 6.88. The average Bonchev–Trinajstić information content (AvgIpc) is 2.34. The van der Waals surface area contributed by atoms with Crippen LogP contribution in [0.2, 0.25) is 0 Å². The zero-order valence-electron chi connectivity index (χ0n) is 12.0. The lowest BCUT2D eigenvalue weighted by atomic mass is 10.5. The summed E-state index contributed by atoms with van der Waals surface area (Å²) in [6.45, 7) is 7.64. The number of nitrogens with zero attached hydrogens (tertiary/aromatic N) is 3. The van der Waals surface area contributed by atoms with Crippen LogP contribution in [0.25, 0.3) is 0 Å². The largest absolute Gasteiger partial charge is 0.463 e. The highest BCUT2D eigenvalue weighted by Crippen LogP contribution is 2.14. The molecule has 108 valence electrons. The predicted octanol–water partition coefficient (Wildman–Crippen LogP) is 1.51. The van der Waals surface area contributed by atoms with Gasteiger partial charge in [-0.25, -0.2) is 0 Å². The van der Waals surface area contributed by atoms with Crippen molar-refractivity contribution in [3.8, 4) is 12.0 Å². The van der Waals surface area contributed by atoms with Crippen LogP contribution in [-0.2, 0) is 4.74 Å². The fraction of sp³-hybridized carbons (Fsp3) is 0.750. The van der Waals surface area contributed by atoms with Crippen molar-refractivity contribution < 1.29 is 14.2 Å². The van der Waals surface area contributed by atoms with E-state index in [-0.39, 0.29) is 18.1 Å². The first-order valence-corrected chi connectivity index (χ1v) is 6.44. The Morgan fingerprint density at radius 1 is 1.11 bits per heavy atom. The molecule has 0 atom stereocenters. The predicted molar refractivity (Wildman–Crippen MR) is 71.7 cm³/mol. The van der Waals surface area contributed by atoms with E-state index in [2.05, 4.69) is 20.3 Å². The minimum Gasteiger partial charge on any atom is -0.463 e. The number of rotatable bonds is 9. The van der Waals surface area contributed by atoms with E-state index in [9.17, 15) is 0 Å². The first kappa shape index (κ1) is 15.4. The molecule has 0 saturated heterocycles. The first-order chi connectivity index (χ1) is 9.15. The summed E-state index contributed by atoms with van der Waals surface area (Å²) >= 11 is 0. The molecule has 0 unspecified atom stereocenters. The molecular weight excluding hydrogens is 248 g/mol. The Balaban J connectivity index is 2.68. The zero-order valence-corrected chi connectivity index (χ0v) is 12.0. The van der Waals surface area contributed by atoms with E-state index in [0.717, 1.165) is 6.42 Å². The summed E-state index contributed by atoms with van der Waals surface area (Å²) in [5.74, 6) is 0.454. The molecule has 0 radical (unpaired) electrons. The smallest absolute Gasteiger partial charge is 0.324 e. The van der Waals surface area contributed by atoms with Crippen LogP contribution in [0, 0.1) is 0 Å². The molecule has 19 heavy (non-hydrogen) atoms. The third-order valence-electron chi connectivity index (χ3n) is 1.99. The molecule has 1 N–H and O–H groups in total. The summed E-state index contributed by atoms with van der Waals surface area (Å²) in [5, 5.41) is 3.02. The molecule has 1 aromatic rings. The topological polar surface area (TPSA) is 78.4 Å². The number of ether oxygens (including phenoxy) is 3. The Hall–Kier alpha value is -1.63. The molecule has 1 aromatic heterocycles. The summed E-state index contributed by atoms with van der Waals surface area (Å²) in [6.07, 6.45) is 0.775. The molecule has 7 nitrogen and oxygen atoms in total. The van der Waals surface area contributed by atoms with Gasteiger partial charge in [-0.15, -0.1) is 4.98 Å². The van der Waals surface area contributed by atoms with Gasteiger partial charge in [-0.1, -0.05) is 0 Å². The number of methoxy groups -OCH3 is 1. The number of aromatic nitrogens is 3. The third kappa shape index (κ3) is 6.19. The third-order valence-corrected chi connectivity index (χ3v) is 1.99. The van der Waals surface area contributed by atoms with Crippen LogP contribution in [0.4, 0.5) is 5.95 Å². The normalized spacial score (nSPS) is 10.6. The van der Waals surface area contributed by atoms with Gasteiger partial charge in [0, 0.05) is 26.7 Å². The summed E-state index contributed by atoms with van der Waals surface area (Å²) in [7, 11) is 1.65. The lowest BCUT2D eigenvalue weighted by molar-refractivity contribution is 0.166. The fourth-order valence-electron chi connectivity index (χ4n) is 1.27. The number of hydrogen-bond acceptors (Lipinski definition) is 7. The summed E-state index contributed by atoms with van der Waals surface area (Å²) in [6, 6.07) is 0.528. The standard InChI is InChI=1S/C12H22N4O3/c1-5-13-10-14-11(18-8-6-7-17-4)16-12(15-10)19-9(2)3/h9H,5-8H2,1-4H3,(H,13,14,15,16). The van der Waals surface area contributed by atoms with E-state index < -0.39 is 0 Å². The summed E-state index contributed by atoms with van der Waals surface area (Å²) < 4.78 is 15.9. The Morgan fingerprint density at radius 2 is 1.84 bits per heavy atom. The van der Waals surface area contributed by atoms with Crippen LogP contribution in [0.1, 0.15) is 27.2 Å². The second kappa shape index (κ2) is 8.47. The van der Waals surface area contributed by atoms with Crippen LogP contribution in [0.5, 0.6) is 12.0 Å². The lowest BCUT2D eigenvalue weighted by Crippen LogP contribution is -2.13. The number of nitrogens with one attached hydrogen (secondary N) is 1. The van der Waals surface area contributed by atoms with Crippen LogP contribution in [-0.4, -0.2) is 47.9 Å². The van der Waals surface area contributed by atoms with Gasteiger partial charge in [-0.2, -0.15) is 9.97 Å². The van der Waals surface area contributed by atoms with Crippen molar-refractivity contribution >= 4 is 5.95 Å². The minimum atomic E-state index is -0.00165. The molecule has 0 amide bonds. The van der Waals surface area contributed by atoms with Crippen molar-refractivity contribution in [2.24, 2.45) is 0 Å². The van der Waals surface area contributed by atoms with Crippen LogP contribution in [0.15, 0.2) is 0 Å². The van der Waals surface area contributed by atoms with Gasteiger partial charge in [-0.3, -0.25) is 0 Å². The van der Waals surface area contributed by atoms with E-state index in [0.29, 0.717) is 25.7 Å². The van der Waals surface area contributed by atoms with E-state index in [4.69, 9.17) is 14.2 Å². The maximum atomic E-state index is 5.46. The zero-order chi connectivity index (χ0) is 14.1. The molecule has 0 aromatic carbocycles. The highest BCUT2D eigenvalue weighted by Gasteiger charge is 2.09. The molecule has 0 aliphatic heterocycles. The van der Waals surface area contributed by atoms with Gasteiger partial charge in [0.2, 0.25) is 5.95 Å². The Bertz CT molecular complexity index is 374. The minimum absolute atomic E-state index is 0.00165. The second-order valence-electron chi connectivity index (χ2n) is 4.12. The maximum absolute atomic E-state index is 5.46. The van der Waals surface area contributed by atoms with E-state index >= 15 is 0 Å². The molecule has 0 bridgehead atoms. The monoisotopic (exact) mass is 270 g/mol. The van der Waals surface area contributed by atoms with E-state index in [1.165, 1.54) is 0 Å². The van der Waals surface area contributed by atoms with Crippen molar-refractivity contribution in [3.63, 3.8) is 0 Å². The van der Waals surface area contributed by atoms with Gasteiger partial charge < -0.3 is 19.5 Å². The molecule has 7 heteroatoms. The molecule has 1 rings (SSSR count). The average molecular weight is 270 g/mol. The van der Waals surface area contributed by atoms with Crippen LogP contribution in [0.3, 0.4) is 0 Å². The molecular formula is C12H22N4O3. The lowest BCUT2D eigenvalue weighted by Gasteiger charge is -2.11.